The molecule has 0 atom stereocenters. The first kappa shape index (κ1) is 15.3. The molecule has 0 fully saturated rings. The Balaban J connectivity index is 2.05. The van der Waals surface area contributed by atoms with Crippen molar-refractivity contribution in [2.45, 2.75) is 6.92 Å². The first-order valence-electron chi connectivity index (χ1n) is 6.05. The largest absolute Gasteiger partial charge is 0.449 e. The van der Waals surface area contributed by atoms with Gasteiger partial charge in [-0.1, -0.05) is 29.8 Å². The summed E-state index contributed by atoms with van der Waals surface area (Å²) in [4.78, 5) is 27.1. The molecular formula is C13H12ClN3O3S. The summed E-state index contributed by atoms with van der Waals surface area (Å²) in [6, 6.07) is 7.22. The molecule has 2 aromatic rings. The van der Waals surface area contributed by atoms with Gasteiger partial charge in [0.1, 0.15) is 10.7 Å². The molecule has 0 aliphatic carbocycles. The van der Waals surface area contributed by atoms with Crippen LogP contribution < -0.4 is 10.9 Å². The zero-order valence-electron chi connectivity index (χ0n) is 11.1. The number of halogens is 1. The molecule has 0 saturated heterocycles. The Kier molecular flexibility index (Phi) is 5.13. The summed E-state index contributed by atoms with van der Waals surface area (Å²) in [5, 5.41) is 2.77. The zero-order chi connectivity index (χ0) is 15.2. The number of rotatable bonds is 3. The van der Waals surface area contributed by atoms with Gasteiger partial charge in [-0.2, -0.15) is 0 Å². The highest BCUT2D eigenvalue weighted by atomic mass is 35.5. The van der Waals surface area contributed by atoms with E-state index in [1.165, 1.54) is 11.3 Å². The van der Waals surface area contributed by atoms with Gasteiger partial charge < -0.3 is 4.74 Å². The van der Waals surface area contributed by atoms with Crippen molar-refractivity contribution in [3.8, 4) is 10.6 Å². The summed E-state index contributed by atoms with van der Waals surface area (Å²) in [5.74, 6) is -0.530. The Labute approximate surface area is 130 Å². The molecule has 2 amide bonds. The number of hydrogen-bond donors (Lipinski definition) is 2. The molecule has 0 radical (unpaired) electrons. The number of aromatic nitrogens is 1. The van der Waals surface area contributed by atoms with Crippen molar-refractivity contribution in [1.82, 2.24) is 15.8 Å². The monoisotopic (exact) mass is 325 g/mol. The molecule has 0 unspecified atom stereocenters. The molecular weight excluding hydrogens is 314 g/mol. The van der Waals surface area contributed by atoms with Gasteiger partial charge in [-0.05, 0) is 13.0 Å². The second-order valence-electron chi connectivity index (χ2n) is 3.82. The lowest BCUT2D eigenvalue weighted by atomic mass is 10.2. The van der Waals surface area contributed by atoms with Crippen LogP contribution in [-0.2, 0) is 4.74 Å². The summed E-state index contributed by atoms with van der Waals surface area (Å²) >= 11 is 7.37. The van der Waals surface area contributed by atoms with Crippen molar-refractivity contribution in [3.05, 3.63) is 40.4 Å². The number of nitrogens with zero attached hydrogens (tertiary/aromatic N) is 1. The highest BCUT2D eigenvalue weighted by molar-refractivity contribution is 7.13. The molecule has 2 rings (SSSR count). The molecule has 110 valence electrons. The number of carbonyl (C=O) groups is 2. The quantitative estimate of drug-likeness (QED) is 0.850. The van der Waals surface area contributed by atoms with Crippen molar-refractivity contribution in [2.75, 3.05) is 6.61 Å². The Morgan fingerprint density at radius 2 is 2.10 bits per heavy atom. The fourth-order valence-corrected chi connectivity index (χ4v) is 2.60. The molecule has 6 nitrogen and oxygen atoms in total. The van der Waals surface area contributed by atoms with Gasteiger partial charge in [-0.15, -0.1) is 11.3 Å². The molecule has 0 saturated carbocycles. The summed E-state index contributed by atoms with van der Waals surface area (Å²) < 4.78 is 4.62. The van der Waals surface area contributed by atoms with Gasteiger partial charge in [0.05, 0.1) is 11.6 Å². The predicted molar refractivity (Wildman–Crippen MR) is 80.2 cm³/mol. The van der Waals surface area contributed by atoms with E-state index in [-0.39, 0.29) is 12.3 Å². The molecule has 0 aliphatic rings. The summed E-state index contributed by atoms with van der Waals surface area (Å²) in [6.45, 7) is 1.88. The Bertz CT molecular complexity index is 660. The molecule has 0 spiro atoms. The lowest BCUT2D eigenvalue weighted by molar-refractivity contribution is 0.0908. The zero-order valence-corrected chi connectivity index (χ0v) is 12.6. The number of carbonyl (C=O) groups excluding carboxylic acids is 2. The Morgan fingerprint density at radius 3 is 2.81 bits per heavy atom. The molecule has 8 heteroatoms. The highest BCUT2D eigenvalue weighted by Crippen LogP contribution is 2.29. The van der Waals surface area contributed by atoms with E-state index in [0.717, 1.165) is 5.56 Å². The minimum absolute atomic E-state index is 0.187. The molecule has 2 N–H and O–H groups in total. The summed E-state index contributed by atoms with van der Waals surface area (Å²) in [5.41, 5.74) is 5.27. The topological polar surface area (TPSA) is 80.3 Å². The van der Waals surface area contributed by atoms with Crippen LogP contribution in [0.4, 0.5) is 4.79 Å². The molecule has 1 heterocycles. The number of amides is 2. The van der Waals surface area contributed by atoms with E-state index >= 15 is 0 Å². The number of hydrogen-bond acceptors (Lipinski definition) is 5. The van der Waals surface area contributed by atoms with Crippen LogP contribution in [0, 0.1) is 0 Å². The number of hydrazine groups is 1. The fourth-order valence-electron chi connectivity index (χ4n) is 1.48. The van der Waals surface area contributed by atoms with E-state index in [1.54, 1.807) is 18.4 Å². The van der Waals surface area contributed by atoms with E-state index < -0.39 is 12.0 Å². The molecule has 21 heavy (non-hydrogen) atoms. The van der Waals surface area contributed by atoms with E-state index in [9.17, 15) is 9.59 Å². The first-order valence-corrected chi connectivity index (χ1v) is 7.31. The third-order valence-electron chi connectivity index (χ3n) is 2.39. The maximum atomic E-state index is 11.8. The summed E-state index contributed by atoms with van der Waals surface area (Å²) in [7, 11) is 0. The van der Waals surface area contributed by atoms with Crippen molar-refractivity contribution < 1.29 is 14.3 Å². The Morgan fingerprint density at radius 1 is 1.33 bits per heavy atom. The van der Waals surface area contributed by atoms with Crippen LogP contribution in [0.3, 0.4) is 0 Å². The van der Waals surface area contributed by atoms with Gasteiger partial charge in [0.25, 0.3) is 5.91 Å². The normalized spacial score (nSPS) is 10.0. The van der Waals surface area contributed by atoms with Crippen LogP contribution in [0.2, 0.25) is 5.02 Å². The van der Waals surface area contributed by atoms with Crippen molar-refractivity contribution >= 4 is 34.9 Å². The predicted octanol–water partition coefficient (Wildman–Crippen LogP) is 2.85. The van der Waals surface area contributed by atoms with Gasteiger partial charge in [-0.3, -0.25) is 10.2 Å². The van der Waals surface area contributed by atoms with E-state index in [2.05, 4.69) is 20.6 Å². The average molecular weight is 326 g/mol. The van der Waals surface area contributed by atoms with Gasteiger partial charge in [-0.25, -0.2) is 15.2 Å². The third kappa shape index (κ3) is 3.93. The van der Waals surface area contributed by atoms with E-state index in [4.69, 9.17) is 11.6 Å². The maximum Gasteiger partial charge on any atom is 0.426 e. The first-order chi connectivity index (χ1) is 10.1. The highest BCUT2D eigenvalue weighted by Gasteiger charge is 2.14. The molecule has 0 bridgehead atoms. The van der Waals surface area contributed by atoms with Crippen LogP contribution in [0.5, 0.6) is 0 Å². The van der Waals surface area contributed by atoms with Gasteiger partial charge in [0, 0.05) is 10.9 Å². The SMILES string of the molecule is CCOC(=O)NNC(=O)c1csc(-c2ccccc2Cl)n1. The van der Waals surface area contributed by atoms with Gasteiger partial charge >= 0.3 is 6.09 Å². The van der Waals surface area contributed by atoms with Gasteiger partial charge in [0.2, 0.25) is 0 Å². The number of nitrogens with one attached hydrogen (secondary N) is 2. The standard InChI is InChI=1S/C13H12ClN3O3S/c1-2-20-13(19)17-16-11(18)10-7-21-12(15-10)8-5-3-4-6-9(8)14/h3-7H,2H2,1H3,(H,16,18)(H,17,19). The minimum atomic E-state index is -0.729. The van der Waals surface area contributed by atoms with Crippen molar-refractivity contribution in [3.63, 3.8) is 0 Å². The van der Waals surface area contributed by atoms with Crippen molar-refractivity contribution in [1.29, 1.82) is 0 Å². The lowest BCUT2D eigenvalue weighted by Crippen LogP contribution is -2.42. The van der Waals surface area contributed by atoms with Gasteiger partial charge in [0.15, 0.2) is 0 Å². The minimum Gasteiger partial charge on any atom is -0.449 e. The number of benzene rings is 1. The summed E-state index contributed by atoms with van der Waals surface area (Å²) in [6.07, 6.45) is -0.729. The van der Waals surface area contributed by atoms with Crippen LogP contribution in [0.15, 0.2) is 29.6 Å². The van der Waals surface area contributed by atoms with Crippen LogP contribution in [0.25, 0.3) is 10.6 Å². The average Bonchev–Trinajstić information content (AvgIpc) is 2.95. The second kappa shape index (κ2) is 7.05. The maximum absolute atomic E-state index is 11.8. The van der Waals surface area contributed by atoms with E-state index in [0.29, 0.717) is 10.0 Å². The fraction of sp³-hybridized carbons (Fsp3) is 0.154. The second-order valence-corrected chi connectivity index (χ2v) is 5.08. The number of ether oxygens (including phenoxy) is 1. The molecule has 1 aromatic carbocycles. The van der Waals surface area contributed by atoms with Crippen molar-refractivity contribution in [2.24, 2.45) is 0 Å². The third-order valence-corrected chi connectivity index (χ3v) is 3.60. The van der Waals surface area contributed by atoms with Crippen LogP contribution in [-0.4, -0.2) is 23.6 Å². The van der Waals surface area contributed by atoms with Crippen LogP contribution >= 0.6 is 22.9 Å². The molecule has 0 aliphatic heterocycles. The lowest BCUT2D eigenvalue weighted by Gasteiger charge is -2.05. The molecule has 1 aromatic heterocycles. The number of thiazole rings is 1. The Hall–Kier alpha value is -2.12. The van der Waals surface area contributed by atoms with E-state index in [1.807, 2.05) is 18.2 Å². The smallest absolute Gasteiger partial charge is 0.426 e. The van der Waals surface area contributed by atoms with Crippen LogP contribution in [0.1, 0.15) is 17.4 Å².